The maximum Gasteiger partial charge on any atom is 0.223 e. The van der Waals surface area contributed by atoms with Crippen molar-refractivity contribution in [3.8, 4) is 5.75 Å². The second kappa shape index (κ2) is 8.13. The first-order valence-electron chi connectivity index (χ1n) is 11.1. The van der Waals surface area contributed by atoms with Gasteiger partial charge in [-0.05, 0) is 56.9 Å². The molecule has 0 spiro atoms. The Balaban J connectivity index is 1.25. The summed E-state index contributed by atoms with van der Waals surface area (Å²) in [5, 5.41) is 0. The Bertz CT molecular complexity index is 1040. The van der Waals surface area contributed by atoms with Crippen molar-refractivity contribution >= 4 is 16.9 Å². The van der Waals surface area contributed by atoms with Crippen LogP contribution in [0, 0.1) is 6.92 Å². The van der Waals surface area contributed by atoms with E-state index in [-0.39, 0.29) is 5.92 Å². The van der Waals surface area contributed by atoms with Crippen LogP contribution in [0.25, 0.3) is 11.0 Å². The lowest BCUT2D eigenvalue weighted by atomic mass is 10.1. The molecule has 1 aliphatic heterocycles. The van der Waals surface area contributed by atoms with Gasteiger partial charge in [-0.25, -0.2) is 4.98 Å². The molecule has 2 aliphatic rings. The van der Waals surface area contributed by atoms with Crippen LogP contribution >= 0.6 is 0 Å². The lowest BCUT2D eigenvalue weighted by Gasteiger charge is -2.16. The van der Waals surface area contributed by atoms with Gasteiger partial charge in [0.05, 0.1) is 17.6 Å². The Kier molecular flexibility index (Phi) is 5.19. The molecule has 2 heterocycles. The summed E-state index contributed by atoms with van der Waals surface area (Å²) in [6.07, 6.45) is 4.92. The Hall–Kier alpha value is -2.82. The van der Waals surface area contributed by atoms with E-state index in [2.05, 4.69) is 46.7 Å². The molecule has 1 aromatic heterocycles. The maximum atomic E-state index is 12.5. The third-order valence-electron chi connectivity index (χ3n) is 6.26. The highest BCUT2D eigenvalue weighted by Crippen LogP contribution is 2.37. The van der Waals surface area contributed by atoms with Crippen LogP contribution in [0.5, 0.6) is 5.75 Å². The van der Waals surface area contributed by atoms with Gasteiger partial charge in [-0.3, -0.25) is 4.79 Å². The van der Waals surface area contributed by atoms with E-state index in [1.165, 1.54) is 11.1 Å². The average molecular weight is 404 g/mol. The zero-order chi connectivity index (χ0) is 20.5. The first-order valence-corrected chi connectivity index (χ1v) is 11.1. The van der Waals surface area contributed by atoms with Gasteiger partial charge in [-0.15, -0.1) is 0 Å². The summed E-state index contributed by atoms with van der Waals surface area (Å²) in [5.41, 5.74) is 3.44. The molecule has 156 valence electrons. The minimum Gasteiger partial charge on any atom is -0.494 e. The molecule has 1 aliphatic carbocycles. The number of hydrogen-bond donors (Lipinski definition) is 0. The molecule has 5 rings (SSSR count). The van der Waals surface area contributed by atoms with E-state index < -0.39 is 0 Å². The van der Waals surface area contributed by atoms with Crippen molar-refractivity contribution in [2.45, 2.75) is 57.5 Å². The summed E-state index contributed by atoms with van der Waals surface area (Å²) in [6.45, 7) is 4.52. The third-order valence-corrected chi connectivity index (χ3v) is 6.26. The Morgan fingerprint density at radius 1 is 1.07 bits per heavy atom. The zero-order valence-corrected chi connectivity index (χ0v) is 17.6. The lowest BCUT2D eigenvalue weighted by molar-refractivity contribution is -0.128. The number of benzene rings is 2. The van der Waals surface area contributed by atoms with E-state index >= 15 is 0 Å². The highest BCUT2D eigenvalue weighted by molar-refractivity contribution is 5.81. The largest absolute Gasteiger partial charge is 0.494 e. The zero-order valence-electron chi connectivity index (χ0n) is 17.6. The molecule has 1 atom stereocenters. The van der Waals surface area contributed by atoms with Gasteiger partial charge < -0.3 is 14.2 Å². The number of fused-ring (bicyclic) bond motifs is 1. The molecule has 2 aromatic carbocycles. The number of imidazole rings is 1. The van der Waals surface area contributed by atoms with Crippen molar-refractivity contribution in [1.29, 1.82) is 0 Å². The number of hydrogen-bond acceptors (Lipinski definition) is 3. The van der Waals surface area contributed by atoms with E-state index in [0.29, 0.717) is 25.0 Å². The quantitative estimate of drug-likeness (QED) is 0.513. The minimum absolute atomic E-state index is 0.203. The van der Waals surface area contributed by atoms with Crippen LogP contribution in [0.4, 0.5) is 0 Å². The second-order valence-electron chi connectivity index (χ2n) is 8.66. The number of unbranched alkanes of at least 4 members (excludes halogenated alkanes) is 1. The summed E-state index contributed by atoms with van der Waals surface area (Å²) in [7, 11) is 0. The van der Waals surface area contributed by atoms with Crippen molar-refractivity contribution < 1.29 is 9.53 Å². The van der Waals surface area contributed by atoms with Crippen molar-refractivity contribution in [1.82, 2.24) is 14.5 Å². The van der Waals surface area contributed by atoms with Gasteiger partial charge in [0.2, 0.25) is 5.91 Å². The van der Waals surface area contributed by atoms with E-state index in [1.807, 2.05) is 18.2 Å². The smallest absolute Gasteiger partial charge is 0.223 e. The molecule has 0 N–H and O–H groups in total. The number of aromatic nitrogens is 2. The summed E-state index contributed by atoms with van der Waals surface area (Å²) in [5.74, 6) is 2.51. The fourth-order valence-electron chi connectivity index (χ4n) is 4.48. The van der Waals surface area contributed by atoms with Gasteiger partial charge in [0.15, 0.2) is 0 Å². The minimum atomic E-state index is 0.203. The third kappa shape index (κ3) is 3.93. The molecule has 0 bridgehead atoms. The Morgan fingerprint density at radius 3 is 2.67 bits per heavy atom. The second-order valence-corrected chi connectivity index (χ2v) is 8.66. The molecule has 0 radical (unpaired) electrons. The van der Waals surface area contributed by atoms with Crippen molar-refractivity contribution in [3.63, 3.8) is 0 Å². The first-order chi connectivity index (χ1) is 14.7. The van der Waals surface area contributed by atoms with Crippen LogP contribution in [0.15, 0.2) is 48.5 Å². The average Bonchev–Trinajstić information content (AvgIpc) is 3.43. The van der Waals surface area contributed by atoms with Gasteiger partial charge in [-0.1, -0.05) is 29.8 Å². The molecule has 1 saturated heterocycles. The number of ether oxygens (including phenoxy) is 1. The number of carbonyl (C=O) groups is 1. The van der Waals surface area contributed by atoms with E-state index in [1.54, 1.807) is 0 Å². The van der Waals surface area contributed by atoms with Crippen molar-refractivity contribution in [3.05, 3.63) is 59.9 Å². The molecule has 5 heteroatoms. The highest BCUT2D eigenvalue weighted by atomic mass is 16.5. The Morgan fingerprint density at radius 2 is 1.87 bits per heavy atom. The highest BCUT2D eigenvalue weighted by Gasteiger charge is 2.41. The van der Waals surface area contributed by atoms with Crippen LogP contribution in [-0.4, -0.2) is 39.6 Å². The molecule has 3 aromatic rings. The number of rotatable bonds is 8. The van der Waals surface area contributed by atoms with Crippen molar-refractivity contribution in [2.24, 2.45) is 0 Å². The normalized spacial score (nSPS) is 19.0. The fourth-order valence-corrected chi connectivity index (χ4v) is 4.48. The van der Waals surface area contributed by atoms with Gasteiger partial charge in [0, 0.05) is 31.5 Å². The van der Waals surface area contributed by atoms with Gasteiger partial charge >= 0.3 is 0 Å². The topological polar surface area (TPSA) is 47.4 Å². The first kappa shape index (κ1) is 19.2. The van der Waals surface area contributed by atoms with Gasteiger partial charge in [0.1, 0.15) is 11.6 Å². The SMILES string of the molecule is Cc1ccc(OCCCCn2c(C3CC(=O)N(C4CC4)C3)nc3ccccc32)cc1. The number of nitrogens with zero attached hydrogens (tertiary/aromatic N) is 3. The molecular weight excluding hydrogens is 374 g/mol. The van der Waals surface area contributed by atoms with Crippen LogP contribution < -0.4 is 4.74 Å². The molecule has 1 saturated carbocycles. The monoisotopic (exact) mass is 403 g/mol. The number of aryl methyl sites for hydroxylation is 2. The summed E-state index contributed by atoms with van der Waals surface area (Å²) in [6, 6.07) is 17.0. The number of amides is 1. The van der Waals surface area contributed by atoms with Gasteiger partial charge in [-0.2, -0.15) is 0 Å². The standard InChI is InChI=1S/C25H29N3O2/c1-18-8-12-21(13-9-18)30-15-5-4-14-27-23-7-3-2-6-22(23)26-25(27)19-16-24(29)28(17-19)20-10-11-20/h2-3,6-9,12-13,19-20H,4-5,10-11,14-17H2,1H3. The number of likely N-dealkylation sites (tertiary alicyclic amines) is 1. The summed E-state index contributed by atoms with van der Waals surface area (Å²) in [4.78, 5) is 19.5. The summed E-state index contributed by atoms with van der Waals surface area (Å²) >= 11 is 0. The number of para-hydroxylation sites is 2. The molecule has 1 amide bonds. The van der Waals surface area contributed by atoms with Crippen LogP contribution in [0.3, 0.4) is 0 Å². The molecule has 1 unspecified atom stereocenters. The summed E-state index contributed by atoms with van der Waals surface area (Å²) < 4.78 is 8.23. The lowest BCUT2D eigenvalue weighted by Crippen LogP contribution is -2.27. The fraction of sp³-hybridized carbons (Fsp3) is 0.440. The molecule has 2 fully saturated rings. The van der Waals surface area contributed by atoms with Crippen LogP contribution in [0.1, 0.15) is 49.4 Å². The maximum absolute atomic E-state index is 12.5. The molecule has 30 heavy (non-hydrogen) atoms. The van der Waals surface area contributed by atoms with E-state index in [4.69, 9.17) is 9.72 Å². The molecule has 5 nitrogen and oxygen atoms in total. The van der Waals surface area contributed by atoms with Gasteiger partial charge in [0.25, 0.3) is 0 Å². The van der Waals surface area contributed by atoms with E-state index in [9.17, 15) is 4.79 Å². The predicted molar refractivity (Wildman–Crippen MR) is 118 cm³/mol. The predicted octanol–water partition coefficient (Wildman–Crippen LogP) is 4.68. The Labute approximate surface area is 177 Å². The van der Waals surface area contributed by atoms with Crippen molar-refractivity contribution in [2.75, 3.05) is 13.2 Å². The van der Waals surface area contributed by atoms with E-state index in [0.717, 1.165) is 55.9 Å². The molecular formula is C25H29N3O2. The van der Waals surface area contributed by atoms with Crippen LogP contribution in [0.2, 0.25) is 0 Å². The number of carbonyl (C=O) groups excluding carboxylic acids is 1. The van der Waals surface area contributed by atoms with Crippen LogP contribution in [-0.2, 0) is 11.3 Å².